The molecule has 13 heavy (non-hydrogen) atoms. The van der Waals surface area contributed by atoms with Gasteiger partial charge in [-0.25, -0.2) is 0 Å². The van der Waals surface area contributed by atoms with E-state index in [9.17, 15) is 13.2 Å². The fourth-order valence-electron chi connectivity index (χ4n) is 1.08. The summed E-state index contributed by atoms with van der Waals surface area (Å²) in [6.45, 7) is 5.02. The molecule has 0 aromatic heterocycles. The molecule has 3 atom stereocenters. The van der Waals surface area contributed by atoms with Gasteiger partial charge < -0.3 is 5.73 Å². The summed E-state index contributed by atoms with van der Waals surface area (Å²) in [4.78, 5) is 0. The lowest BCUT2D eigenvalue weighted by Gasteiger charge is -2.24. The Morgan fingerprint density at radius 3 is 2.00 bits per heavy atom. The zero-order valence-electron chi connectivity index (χ0n) is 8.36. The number of alkyl halides is 3. The Bertz CT molecular complexity index is 144. The highest BCUT2D eigenvalue weighted by Crippen LogP contribution is 2.30. The lowest BCUT2D eigenvalue weighted by Crippen LogP contribution is -2.38. The first-order valence-corrected chi connectivity index (χ1v) is 4.61. The van der Waals surface area contributed by atoms with Crippen LogP contribution in [-0.4, -0.2) is 12.2 Å². The van der Waals surface area contributed by atoms with Crippen molar-refractivity contribution in [1.29, 1.82) is 0 Å². The lowest BCUT2D eigenvalue weighted by atomic mass is 9.91. The highest BCUT2D eigenvalue weighted by atomic mass is 19.4. The van der Waals surface area contributed by atoms with E-state index in [0.717, 1.165) is 13.3 Å². The molecule has 0 aliphatic carbocycles. The van der Waals surface area contributed by atoms with Crippen molar-refractivity contribution < 1.29 is 13.2 Å². The van der Waals surface area contributed by atoms with Crippen molar-refractivity contribution in [3.05, 3.63) is 0 Å². The summed E-state index contributed by atoms with van der Waals surface area (Å²) in [6, 6.07) is -0.769. The first kappa shape index (κ1) is 12.8. The van der Waals surface area contributed by atoms with E-state index in [4.69, 9.17) is 5.73 Å². The SMILES string of the molecule is CCC(C)CC(N)C(C)C(F)(F)F. The van der Waals surface area contributed by atoms with Gasteiger partial charge in [0.05, 0.1) is 5.92 Å². The van der Waals surface area contributed by atoms with Crippen LogP contribution < -0.4 is 5.73 Å². The molecule has 0 rings (SSSR count). The van der Waals surface area contributed by atoms with Crippen LogP contribution in [0.2, 0.25) is 0 Å². The van der Waals surface area contributed by atoms with Gasteiger partial charge >= 0.3 is 6.18 Å². The van der Waals surface area contributed by atoms with Crippen LogP contribution in [0.1, 0.15) is 33.6 Å². The van der Waals surface area contributed by atoms with Crippen molar-refractivity contribution in [3.63, 3.8) is 0 Å². The fraction of sp³-hybridized carbons (Fsp3) is 1.00. The third kappa shape index (κ3) is 4.50. The van der Waals surface area contributed by atoms with Crippen LogP contribution in [0.3, 0.4) is 0 Å². The van der Waals surface area contributed by atoms with E-state index in [0.29, 0.717) is 6.42 Å². The number of halogens is 3. The van der Waals surface area contributed by atoms with Crippen LogP contribution >= 0.6 is 0 Å². The van der Waals surface area contributed by atoms with E-state index in [1.54, 1.807) is 0 Å². The number of hydrogen-bond donors (Lipinski definition) is 1. The lowest BCUT2D eigenvalue weighted by molar-refractivity contribution is -0.175. The minimum Gasteiger partial charge on any atom is -0.327 e. The van der Waals surface area contributed by atoms with Gasteiger partial charge in [-0.1, -0.05) is 27.2 Å². The maximum Gasteiger partial charge on any atom is 0.393 e. The average molecular weight is 197 g/mol. The third-order valence-electron chi connectivity index (χ3n) is 2.53. The first-order valence-electron chi connectivity index (χ1n) is 4.61. The number of nitrogens with two attached hydrogens (primary N) is 1. The van der Waals surface area contributed by atoms with Gasteiger partial charge in [-0.05, 0) is 12.3 Å². The van der Waals surface area contributed by atoms with Crippen molar-refractivity contribution in [2.24, 2.45) is 17.6 Å². The highest BCUT2D eigenvalue weighted by molar-refractivity contribution is 4.76. The Morgan fingerprint density at radius 1 is 1.23 bits per heavy atom. The van der Waals surface area contributed by atoms with Crippen molar-refractivity contribution in [2.45, 2.75) is 45.8 Å². The Balaban J connectivity index is 4.03. The second kappa shape index (κ2) is 4.84. The smallest absolute Gasteiger partial charge is 0.327 e. The predicted molar refractivity (Wildman–Crippen MR) is 47.3 cm³/mol. The second-order valence-corrected chi connectivity index (χ2v) is 3.74. The highest BCUT2D eigenvalue weighted by Gasteiger charge is 2.39. The monoisotopic (exact) mass is 197 g/mol. The van der Waals surface area contributed by atoms with Gasteiger partial charge in [0.25, 0.3) is 0 Å². The van der Waals surface area contributed by atoms with Crippen LogP contribution in [0, 0.1) is 11.8 Å². The van der Waals surface area contributed by atoms with E-state index in [1.165, 1.54) is 0 Å². The molecular formula is C9H18F3N. The van der Waals surface area contributed by atoms with Gasteiger partial charge in [-0.3, -0.25) is 0 Å². The number of rotatable bonds is 4. The second-order valence-electron chi connectivity index (χ2n) is 3.74. The Kier molecular flexibility index (Phi) is 4.75. The zero-order chi connectivity index (χ0) is 10.6. The van der Waals surface area contributed by atoms with Crippen LogP contribution in [0.15, 0.2) is 0 Å². The van der Waals surface area contributed by atoms with Gasteiger partial charge in [0, 0.05) is 6.04 Å². The molecule has 4 heteroatoms. The average Bonchev–Trinajstić information content (AvgIpc) is 2.01. The Morgan fingerprint density at radius 2 is 1.69 bits per heavy atom. The zero-order valence-corrected chi connectivity index (χ0v) is 8.36. The van der Waals surface area contributed by atoms with E-state index >= 15 is 0 Å². The summed E-state index contributed by atoms with van der Waals surface area (Å²) in [5.74, 6) is -1.14. The molecule has 0 aliphatic rings. The molecule has 3 unspecified atom stereocenters. The Labute approximate surface area is 77.5 Å². The molecule has 0 fully saturated rings. The summed E-state index contributed by atoms with van der Waals surface area (Å²) in [5, 5.41) is 0. The minimum absolute atomic E-state index is 0.264. The molecule has 0 aliphatic heterocycles. The van der Waals surface area contributed by atoms with Crippen molar-refractivity contribution in [2.75, 3.05) is 0 Å². The van der Waals surface area contributed by atoms with E-state index in [-0.39, 0.29) is 5.92 Å². The topological polar surface area (TPSA) is 26.0 Å². The van der Waals surface area contributed by atoms with Gasteiger partial charge in [-0.15, -0.1) is 0 Å². The predicted octanol–water partition coefficient (Wildman–Crippen LogP) is 2.95. The third-order valence-corrected chi connectivity index (χ3v) is 2.53. The standard InChI is InChI=1S/C9H18F3N/c1-4-6(2)5-8(13)7(3)9(10,11)12/h6-8H,4-5,13H2,1-3H3. The molecule has 0 radical (unpaired) electrons. The van der Waals surface area contributed by atoms with Crippen LogP contribution in [0.4, 0.5) is 13.2 Å². The fourth-order valence-corrected chi connectivity index (χ4v) is 1.08. The van der Waals surface area contributed by atoms with Crippen molar-refractivity contribution in [1.82, 2.24) is 0 Å². The van der Waals surface area contributed by atoms with Crippen LogP contribution in [0.25, 0.3) is 0 Å². The summed E-state index contributed by atoms with van der Waals surface area (Å²) in [5.41, 5.74) is 5.46. The quantitative estimate of drug-likeness (QED) is 0.736. The molecule has 0 spiro atoms. The first-order chi connectivity index (χ1) is 5.79. The molecule has 0 aromatic carbocycles. The summed E-state index contributed by atoms with van der Waals surface area (Å²) in [7, 11) is 0. The largest absolute Gasteiger partial charge is 0.393 e. The van der Waals surface area contributed by atoms with Gasteiger partial charge in [0.2, 0.25) is 0 Å². The van der Waals surface area contributed by atoms with Crippen LogP contribution in [-0.2, 0) is 0 Å². The molecule has 80 valence electrons. The van der Waals surface area contributed by atoms with Gasteiger partial charge in [-0.2, -0.15) is 13.2 Å². The summed E-state index contributed by atoms with van der Waals surface area (Å²) >= 11 is 0. The molecule has 0 saturated carbocycles. The maximum absolute atomic E-state index is 12.2. The molecule has 0 saturated heterocycles. The molecule has 1 nitrogen and oxygen atoms in total. The maximum atomic E-state index is 12.2. The van der Waals surface area contributed by atoms with Crippen molar-refractivity contribution >= 4 is 0 Å². The van der Waals surface area contributed by atoms with Crippen molar-refractivity contribution in [3.8, 4) is 0 Å². The van der Waals surface area contributed by atoms with E-state index in [2.05, 4.69) is 0 Å². The van der Waals surface area contributed by atoms with E-state index in [1.807, 2.05) is 13.8 Å². The van der Waals surface area contributed by atoms with Gasteiger partial charge in [0.15, 0.2) is 0 Å². The molecule has 0 aromatic rings. The van der Waals surface area contributed by atoms with E-state index < -0.39 is 18.1 Å². The van der Waals surface area contributed by atoms with Crippen LogP contribution in [0.5, 0.6) is 0 Å². The Hall–Kier alpha value is -0.250. The molecular weight excluding hydrogens is 179 g/mol. The summed E-state index contributed by atoms with van der Waals surface area (Å²) < 4.78 is 36.5. The molecule has 0 bridgehead atoms. The normalized spacial score (nSPS) is 19.6. The summed E-state index contributed by atoms with van der Waals surface area (Å²) in [6.07, 6.45) is -2.84. The molecule has 2 N–H and O–H groups in total. The minimum atomic E-state index is -4.16. The number of hydrogen-bond acceptors (Lipinski definition) is 1. The molecule has 0 amide bonds. The van der Waals surface area contributed by atoms with Gasteiger partial charge in [0.1, 0.15) is 0 Å². The molecule has 0 heterocycles.